The van der Waals surface area contributed by atoms with Crippen molar-refractivity contribution in [2.75, 3.05) is 19.7 Å². The van der Waals surface area contributed by atoms with Crippen molar-refractivity contribution in [2.45, 2.75) is 20.3 Å². The van der Waals surface area contributed by atoms with Gasteiger partial charge in [-0.25, -0.2) is 4.98 Å². The third kappa shape index (κ3) is 3.37. The molecule has 1 aromatic rings. The summed E-state index contributed by atoms with van der Waals surface area (Å²) in [6.45, 7) is 5.85. The fourth-order valence-corrected chi connectivity index (χ4v) is 2.35. The van der Waals surface area contributed by atoms with Gasteiger partial charge in [-0.2, -0.15) is 0 Å². The molecule has 106 valence electrons. The Bertz CT molecular complexity index is 528. The van der Waals surface area contributed by atoms with E-state index in [1.54, 1.807) is 18.3 Å². The number of pyridine rings is 1. The fourth-order valence-electron chi connectivity index (χ4n) is 2.35. The van der Waals surface area contributed by atoms with E-state index in [1.807, 2.05) is 4.90 Å². The maximum absolute atomic E-state index is 12.4. The van der Waals surface area contributed by atoms with Gasteiger partial charge in [-0.15, -0.1) is 0 Å². The van der Waals surface area contributed by atoms with E-state index < -0.39 is 0 Å². The summed E-state index contributed by atoms with van der Waals surface area (Å²) in [6, 6.07) is 3.46. The Labute approximate surface area is 119 Å². The smallest absolute Gasteiger partial charge is 0.272 e. The van der Waals surface area contributed by atoms with E-state index in [0.29, 0.717) is 23.1 Å². The number of amides is 1. The van der Waals surface area contributed by atoms with Crippen molar-refractivity contribution < 1.29 is 9.90 Å². The third-order valence-electron chi connectivity index (χ3n) is 3.92. The van der Waals surface area contributed by atoms with Gasteiger partial charge in [0.05, 0.1) is 0 Å². The third-order valence-corrected chi connectivity index (χ3v) is 3.92. The number of carbonyl (C=O) groups excluding carboxylic acids is 1. The molecule has 2 rings (SSSR count). The van der Waals surface area contributed by atoms with Crippen LogP contribution >= 0.6 is 0 Å². The molecule has 1 aromatic heterocycles. The van der Waals surface area contributed by atoms with Gasteiger partial charge in [-0.05, 0) is 30.4 Å². The Kier molecular flexibility index (Phi) is 4.75. The molecule has 1 N–H and O–H groups in total. The molecule has 0 aromatic carbocycles. The Hall–Kier alpha value is -1.86. The highest BCUT2D eigenvalue weighted by Crippen LogP contribution is 2.23. The van der Waals surface area contributed by atoms with Gasteiger partial charge in [0.1, 0.15) is 12.3 Å². The van der Waals surface area contributed by atoms with Crippen LogP contribution in [0.4, 0.5) is 0 Å². The molecular weight excluding hydrogens is 252 g/mol. The molecule has 0 saturated carbocycles. The van der Waals surface area contributed by atoms with E-state index in [0.717, 1.165) is 19.5 Å². The van der Waals surface area contributed by atoms with Crippen molar-refractivity contribution in [3.63, 3.8) is 0 Å². The molecule has 0 spiro atoms. The first-order chi connectivity index (χ1) is 9.61. The molecular formula is C16H20N2O2. The molecule has 1 fully saturated rings. The first-order valence-corrected chi connectivity index (χ1v) is 6.97. The molecule has 1 saturated heterocycles. The van der Waals surface area contributed by atoms with Crippen LogP contribution in [0.1, 0.15) is 36.3 Å². The molecule has 2 atom stereocenters. The first-order valence-electron chi connectivity index (χ1n) is 6.97. The molecule has 0 bridgehead atoms. The topological polar surface area (TPSA) is 53.4 Å². The van der Waals surface area contributed by atoms with Crippen molar-refractivity contribution in [3.05, 3.63) is 29.6 Å². The van der Waals surface area contributed by atoms with Gasteiger partial charge in [0, 0.05) is 24.8 Å². The Balaban J connectivity index is 2.06. The largest absolute Gasteiger partial charge is 0.384 e. The highest BCUT2D eigenvalue weighted by Gasteiger charge is 2.26. The van der Waals surface area contributed by atoms with Crippen LogP contribution in [0.3, 0.4) is 0 Å². The fraction of sp³-hybridized carbons (Fsp3) is 0.500. The molecule has 20 heavy (non-hydrogen) atoms. The van der Waals surface area contributed by atoms with E-state index in [2.05, 4.69) is 30.7 Å². The van der Waals surface area contributed by atoms with Crippen LogP contribution in [-0.4, -0.2) is 40.6 Å². The van der Waals surface area contributed by atoms with E-state index in [9.17, 15) is 4.79 Å². The summed E-state index contributed by atoms with van der Waals surface area (Å²) in [7, 11) is 0. The Morgan fingerprint density at radius 2 is 2.25 bits per heavy atom. The van der Waals surface area contributed by atoms with Gasteiger partial charge < -0.3 is 10.0 Å². The van der Waals surface area contributed by atoms with E-state index in [-0.39, 0.29) is 12.5 Å². The van der Waals surface area contributed by atoms with E-state index >= 15 is 0 Å². The van der Waals surface area contributed by atoms with Crippen LogP contribution in [0, 0.1) is 23.7 Å². The summed E-state index contributed by atoms with van der Waals surface area (Å²) in [4.78, 5) is 18.4. The van der Waals surface area contributed by atoms with Crippen molar-refractivity contribution in [3.8, 4) is 11.8 Å². The molecule has 0 aliphatic carbocycles. The lowest BCUT2D eigenvalue weighted by Crippen LogP contribution is -2.42. The van der Waals surface area contributed by atoms with Crippen molar-refractivity contribution >= 4 is 5.91 Å². The van der Waals surface area contributed by atoms with Gasteiger partial charge in [-0.1, -0.05) is 25.7 Å². The van der Waals surface area contributed by atoms with Crippen LogP contribution in [0.2, 0.25) is 0 Å². The Morgan fingerprint density at radius 3 is 2.85 bits per heavy atom. The number of rotatable bonds is 1. The molecule has 1 aliphatic rings. The average molecular weight is 272 g/mol. The molecule has 2 heterocycles. The van der Waals surface area contributed by atoms with E-state index in [4.69, 9.17) is 5.11 Å². The first kappa shape index (κ1) is 14.5. The van der Waals surface area contributed by atoms with E-state index in [1.165, 1.54) is 0 Å². The number of aliphatic hydroxyl groups excluding tert-OH is 1. The predicted octanol–water partition coefficient (Wildman–Crippen LogP) is 1.54. The molecule has 1 amide bonds. The molecule has 1 aliphatic heterocycles. The summed E-state index contributed by atoms with van der Waals surface area (Å²) in [5, 5.41) is 8.63. The van der Waals surface area contributed by atoms with Gasteiger partial charge in [0.25, 0.3) is 5.91 Å². The van der Waals surface area contributed by atoms with Gasteiger partial charge in [0.2, 0.25) is 0 Å². The van der Waals surface area contributed by atoms with Crippen LogP contribution < -0.4 is 0 Å². The minimum Gasteiger partial charge on any atom is -0.384 e. The predicted molar refractivity (Wildman–Crippen MR) is 77.0 cm³/mol. The van der Waals surface area contributed by atoms with Crippen LogP contribution in [0.15, 0.2) is 18.3 Å². The zero-order valence-corrected chi connectivity index (χ0v) is 12.0. The summed E-state index contributed by atoms with van der Waals surface area (Å²) < 4.78 is 0. The van der Waals surface area contributed by atoms with Crippen LogP contribution in [0.25, 0.3) is 0 Å². The number of aromatic nitrogens is 1. The second-order valence-corrected chi connectivity index (χ2v) is 5.39. The standard InChI is InChI=1S/C16H20N2O2/c1-12-7-8-18(11-13(12)2)16(20)15-6-5-14(10-17-15)4-3-9-19/h5-6,10,12-13,19H,7-9,11H2,1-2H3. The lowest BCUT2D eigenvalue weighted by Gasteiger charge is -2.35. The number of aliphatic hydroxyl groups is 1. The van der Waals surface area contributed by atoms with Crippen molar-refractivity contribution in [2.24, 2.45) is 11.8 Å². The second kappa shape index (κ2) is 6.53. The van der Waals surface area contributed by atoms with Crippen LogP contribution in [0.5, 0.6) is 0 Å². The summed E-state index contributed by atoms with van der Waals surface area (Å²) in [5.74, 6) is 6.51. The van der Waals surface area contributed by atoms with Crippen molar-refractivity contribution in [1.82, 2.24) is 9.88 Å². The highest BCUT2D eigenvalue weighted by molar-refractivity contribution is 5.92. The molecule has 0 radical (unpaired) electrons. The molecule has 4 heteroatoms. The zero-order chi connectivity index (χ0) is 14.5. The Morgan fingerprint density at radius 1 is 1.45 bits per heavy atom. The number of piperidine rings is 1. The number of carbonyl (C=O) groups is 1. The lowest BCUT2D eigenvalue weighted by molar-refractivity contribution is 0.0621. The number of likely N-dealkylation sites (tertiary alicyclic amines) is 1. The molecule has 2 unspecified atom stereocenters. The molecule has 4 nitrogen and oxygen atoms in total. The SMILES string of the molecule is CC1CCN(C(=O)c2ccc(C#CCO)cn2)CC1C. The number of nitrogens with zero attached hydrogens (tertiary/aromatic N) is 2. The second-order valence-electron chi connectivity index (χ2n) is 5.39. The summed E-state index contributed by atoms with van der Waals surface area (Å²) in [6.07, 6.45) is 2.62. The number of hydrogen-bond acceptors (Lipinski definition) is 3. The number of hydrogen-bond donors (Lipinski definition) is 1. The quantitative estimate of drug-likeness (QED) is 0.789. The summed E-state index contributed by atoms with van der Waals surface area (Å²) in [5.41, 5.74) is 1.16. The normalized spacial score (nSPS) is 22.1. The van der Waals surface area contributed by atoms with Gasteiger partial charge in [-0.3, -0.25) is 4.79 Å². The average Bonchev–Trinajstić information content (AvgIpc) is 2.48. The maximum Gasteiger partial charge on any atom is 0.272 e. The van der Waals surface area contributed by atoms with Gasteiger partial charge in [0.15, 0.2) is 0 Å². The zero-order valence-electron chi connectivity index (χ0n) is 12.0. The lowest BCUT2D eigenvalue weighted by atomic mass is 9.88. The minimum atomic E-state index is -0.176. The summed E-state index contributed by atoms with van der Waals surface area (Å²) >= 11 is 0. The maximum atomic E-state index is 12.4. The monoisotopic (exact) mass is 272 g/mol. The minimum absolute atomic E-state index is 0.00887. The highest BCUT2D eigenvalue weighted by atomic mass is 16.2. The van der Waals surface area contributed by atoms with Gasteiger partial charge >= 0.3 is 0 Å². The van der Waals surface area contributed by atoms with Crippen molar-refractivity contribution in [1.29, 1.82) is 0 Å². The van der Waals surface area contributed by atoms with Crippen LogP contribution in [-0.2, 0) is 0 Å².